The largest absolute Gasteiger partial charge is 0.352 e. The highest BCUT2D eigenvalue weighted by atomic mass is 35.5. The van der Waals surface area contributed by atoms with Gasteiger partial charge in [0.2, 0.25) is 0 Å². The van der Waals surface area contributed by atoms with Gasteiger partial charge in [-0.25, -0.2) is 9.37 Å². The number of amides is 1. The molecule has 8 heteroatoms. The number of aromatic nitrogens is 2. The van der Waals surface area contributed by atoms with Crippen molar-refractivity contribution in [3.63, 3.8) is 0 Å². The van der Waals surface area contributed by atoms with Crippen LogP contribution in [-0.2, 0) is 5.75 Å². The lowest BCUT2D eigenvalue weighted by Crippen LogP contribution is -2.27. The minimum absolute atomic E-state index is 0.222. The molecule has 0 saturated carbocycles. The lowest BCUT2D eigenvalue weighted by atomic mass is 10.1. The fourth-order valence-electron chi connectivity index (χ4n) is 3.42. The monoisotopic (exact) mass is 495 g/mol. The summed E-state index contributed by atoms with van der Waals surface area (Å²) in [6, 6.07) is 18.1. The third-order valence-electron chi connectivity index (χ3n) is 5.10. The summed E-state index contributed by atoms with van der Waals surface area (Å²) < 4.78 is 15.4. The van der Waals surface area contributed by atoms with Gasteiger partial charge in [0.15, 0.2) is 5.16 Å². The van der Waals surface area contributed by atoms with Gasteiger partial charge in [0.1, 0.15) is 5.82 Å². The Morgan fingerprint density at radius 1 is 1.12 bits per heavy atom. The summed E-state index contributed by atoms with van der Waals surface area (Å²) in [6.07, 6.45) is 0. The van der Waals surface area contributed by atoms with Crippen LogP contribution in [-0.4, -0.2) is 22.0 Å². The van der Waals surface area contributed by atoms with E-state index in [4.69, 9.17) is 16.6 Å². The molecule has 1 aromatic heterocycles. The predicted molar refractivity (Wildman–Crippen MR) is 135 cm³/mol. The van der Waals surface area contributed by atoms with Gasteiger partial charge in [0, 0.05) is 22.9 Å². The van der Waals surface area contributed by atoms with Crippen molar-refractivity contribution in [1.29, 1.82) is 0 Å². The SMILES string of the molecule is CC(C)CNC(=O)c1ccc2c(=O)n(-c3cccc(F)c3)c(SCc3cccc(Cl)c3)nc2c1. The molecule has 0 radical (unpaired) electrons. The Morgan fingerprint density at radius 2 is 1.91 bits per heavy atom. The quantitative estimate of drug-likeness (QED) is 0.258. The Kier molecular flexibility index (Phi) is 7.34. The highest BCUT2D eigenvalue weighted by Crippen LogP contribution is 2.26. The molecular formula is C26H23ClFN3O2S. The third-order valence-corrected chi connectivity index (χ3v) is 6.34. The maximum atomic E-state index is 14.0. The van der Waals surface area contributed by atoms with Gasteiger partial charge in [-0.3, -0.25) is 14.2 Å². The van der Waals surface area contributed by atoms with Gasteiger partial charge in [0.05, 0.1) is 16.6 Å². The van der Waals surface area contributed by atoms with Crippen LogP contribution in [0.25, 0.3) is 16.6 Å². The van der Waals surface area contributed by atoms with Gasteiger partial charge in [-0.05, 0) is 60.0 Å². The van der Waals surface area contributed by atoms with Crippen LogP contribution in [0.1, 0.15) is 29.8 Å². The minimum atomic E-state index is -0.451. The summed E-state index contributed by atoms with van der Waals surface area (Å²) in [5.41, 5.74) is 1.84. The van der Waals surface area contributed by atoms with Crippen LogP contribution in [0.2, 0.25) is 5.02 Å². The van der Waals surface area contributed by atoms with Crippen molar-refractivity contribution >= 4 is 40.2 Å². The average Bonchev–Trinajstić information content (AvgIpc) is 2.81. The molecule has 4 rings (SSSR count). The molecule has 0 saturated heterocycles. The molecule has 0 fully saturated rings. The number of benzene rings is 3. The van der Waals surface area contributed by atoms with Crippen LogP contribution in [0.5, 0.6) is 0 Å². The standard InChI is InChI=1S/C26H23ClFN3O2S/c1-16(2)14-29-24(32)18-9-10-22-23(12-18)30-26(34-15-17-5-3-6-19(27)11-17)31(25(22)33)21-8-4-7-20(28)13-21/h3-13,16H,14-15H2,1-2H3,(H,29,32). The van der Waals surface area contributed by atoms with Crippen LogP contribution in [0.4, 0.5) is 4.39 Å². The summed E-state index contributed by atoms with van der Waals surface area (Å²) in [5, 5.41) is 4.23. The number of nitrogens with zero attached hydrogens (tertiary/aromatic N) is 2. The fraction of sp³-hybridized carbons (Fsp3) is 0.192. The number of hydrogen-bond donors (Lipinski definition) is 1. The maximum absolute atomic E-state index is 14.0. The molecule has 0 spiro atoms. The van der Waals surface area contributed by atoms with Gasteiger partial charge in [0.25, 0.3) is 11.5 Å². The van der Waals surface area contributed by atoms with Crippen molar-refractivity contribution in [3.05, 3.63) is 99.1 Å². The van der Waals surface area contributed by atoms with Crippen LogP contribution in [0.3, 0.4) is 0 Å². The molecule has 0 aliphatic rings. The zero-order valence-corrected chi connectivity index (χ0v) is 20.3. The van der Waals surface area contributed by atoms with E-state index < -0.39 is 5.82 Å². The second kappa shape index (κ2) is 10.4. The fourth-order valence-corrected chi connectivity index (χ4v) is 4.59. The van der Waals surface area contributed by atoms with Gasteiger partial charge in [-0.15, -0.1) is 0 Å². The molecule has 1 heterocycles. The lowest BCUT2D eigenvalue weighted by Gasteiger charge is -2.14. The van der Waals surface area contributed by atoms with Gasteiger partial charge in [-0.2, -0.15) is 0 Å². The molecule has 174 valence electrons. The molecule has 0 unspecified atom stereocenters. The summed E-state index contributed by atoms with van der Waals surface area (Å²) in [6.45, 7) is 4.58. The zero-order valence-electron chi connectivity index (χ0n) is 18.7. The number of hydrogen-bond acceptors (Lipinski definition) is 4. The van der Waals surface area contributed by atoms with Crippen LogP contribution in [0, 0.1) is 11.7 Å². The molecular weight excluding hydrogens is 473 g/mol. The van der Waals surface area contributed by atoms with Gasteiger partial charge >= 0.3 is 0 Å². The molecule has 3 aromatic carbocycles. The Morgan fingerprint density at radius 3 is 2.65 bits per heavy atom. The molecule has 0 atom stereocenters. The van der Waals surface area contributed by atoms with E-state index in [1.54, 1.807) is 36.4 Å². The topological polar surface area (TPSA) is 64.0 Å². The van der Waals surface area contributed by atoms with Crippen molar-refractivity contribution in [3.8, 4) is 5.69 Å². The van der Waals surface area contributed by atoms with Crippen LogP contribution in [0.15, 0.2) is 76.7 Å². The van der Waals surface area contributed by atoms with E-state index in [2.05, 4.69) is 5.32 Å². The molecule has 0 bridgehead atoms. The Hall–Kier alpha value is -3.16. The summed E-state index contributed by atoms with van der Waals surface area (Å²) in [4.78, 5) is 30.7. The van der Waals surface area contributed by atoms with Crippen molar-refractivity contribution in [1.82, 2.24) is 14.9 Å². The van der Waals surface area contributed by atoms with Gasteiger partial charge < -0.3 is 5.32 Å². The first-order chi connectivity index (χ1) is 16.3. The zero-order chi connectivity index (χ0) is 24.2. The third kappa shape index (κ3) is 5.48. The van der Waals surface area contributed by atoms with E-state index >= 15 is 0 Å². The number of carbonyl (C=O) groups excluding carboxylic acids is 1. The minimum Gasteiger partial charge on any atom is -0.352 e. The van der Waals surface area contributed by atoms with Crippen molar-refractivity contribution < 1.29 is 9.18 Å². The number of halogens is 2. The summed E-state index contributed by atoms with van der Waals surface area (Å²) in [5.74, 6) is 0.144. The Balaban J connectivity index is 1.80. The molecule has 4 aromatic rings. The smallest absolute Gasteiger partial charge is 0.266 e. The van der Waals surface area contributed by atoms with E-state index in [0.717, 1.165) is 5.56 Å². The van der Waals surface area contributed by atoms with Crippen molar-refractivity contribution in [2.75, 3.05) is 6.54 Å². The normalized spacial score (nSPS) is 11.2. The number of rotatable bonds is 7. The van der Waals surface area contributed by atoms with Crippen LogP contribution < -0.4 is 10.9 Å². The molecule has 1 N–H and O–H groups in total. The lowest BCUT2D eigenvalue weighted by molar-refractivity contribution is 0.0949. The van der Waals surface area contributed by atoms with Crippen LogP contribution >= 0.6 is 23.4 Å². The Bertz CT molecular complexity index is 1420. The first-order valence-electron chi connectivity index (χ1n) is 10.8. The van der Waals surface area contributed by atoms with E-state index in [-0.39, 0.29) is 11.5 Å². The maximum Gasteiger partial charge on any atom is 0.266 e. The first kappa shape index (κ1) is 24.0. The number of nitrogens with one attached hydrogen (secondary N) is 1. The highest BCUT2D eigenvalue weighted by Gasteiger charge is 2.16. The van der Waals surface area contributed by atoms with E-state index in [1.165, 1.54) is 28.5 Å². The second-order valence-corrected chi connectivity index (χ2v) is 9.65. The highest BCUT2D eigenvalue weighted by molar-refractivity contribution is 7.98. The average molecular weight is 496 g/mol. The Labute approximate surface area is 206 Å². The molecule has 1 amide bonds. The summed E-state index contributed by atoms with van der Waals surface area (Å²) in [7, 11) is 0. The molecule has 0 aliphatic heterocycles. The number of thioether (sulfide) groups is 1. The summed E-state index contributed by atoms with van der Waals surface area (Å²) >= 11 is 7.44. The van der Waals surface area contributed by atoms with Crippen molar-refractivity contribution in [2.45, 2.75) is 24.8 Å². The predicted octanol–water partition coefficient (Wildman–Crippen LogP) is 5.86. The number of carbonyl (C=O) groups is 1. The van der Waals surface area contributed by atoms with Crippen molar-refractivity contribution in [2.24, 2.45) is 5.92 Å². The first-order valence-corrected chi connectivity index (χ1v) is 12.2. The van der Waals surface area contributed by atoms with E-state index in [0.29, 0.717) is 50.5 Å². The number of fused-ring (bicyclic) bond motifs is 1. The second-order valence-electron chi connectivity index (χ2n) is 8.27. The van der Waals surface area contributed by atoms with E-state index in [9.17, 15) is 14.0 Å². The molecule has 0 aliphatic carbocycles. The molecule has 34 heavy (non-hydrogen) atoms. The van der Waals surface area contributed by atoms with Gasteiger partial charge in [-0.1, -0.05) is 55.4 Å². The van der Waals surface area contributed by atoms with E-state index in [1.807, 2.05) is 32.0 Å². The molecule has 5 nitrogen and oxygen atoms in total.